The highest BCUT2D eigenvalue weighted by atomic mass is 33.1. The van der Waals surface area contributed by atoms with E-state index in [2.05, 4.69) is 22.1 Å². The number of nitrogen functional groups attached to an aromatic ring is 2. The van der Waals surface area contributed by atoms with Gasteiger partial charge in [-0.3, -0.25) is 0 Å². The molecule has 2 aromatic heterocycles. The average Bonchev–Trinajstić information content (AvgIpc) is 2.99. The van der Waals surface area contributed by atoms with Crippen LogP contribution in [0, 0.1) is 45.3 Å². The number of methoxy groups -OCH3 is 2. The van der Waals surface area contributed by atoms with Crippen molar-refractivity contribution in [2.24, 2.45) is 0 Å². The number of hydrogen-bond acceptors (Lipinski definition) is 12. The molecule has 2 aromatic carbocycles. The number of hydrogen-bond donors (Lipinski definition) is 2. The second-order valence-corrected chi connectivity index (χ2v) is 9.98. The highest BCUT2D eigenvalue weighted by Crippen LogP contribution is 2.47. The molecule has 0 bridgehead atoms. The van der Waals surface area contributed by atoms with Crippen LogP contribution in [-0.2, 0) is 0 Å². The van der Waals surface area contributed by atoms with Gasteiger partial charge in [0.15, 0.2) is 0 Å². The lowest BCUT2D eigenvalue weighted by molar-refractivity contribution is 0.416. The second kappa shape index (κ2) is 12.0. The maximum Gasteiger partial charge on any atom is 0.143 e. The van der Waals surface area contributed by atoms with Crippen LogP contribution in [0.5, 0.6) is 11.5 Å². The lowest BCUT2D eigenvalue weighted by Gasteiger charge is -2.16. The normalized spacial score (nSPS) is 10.1. The van der Waals surface area contributed by atoms with Gasteiger partial charge in [0, 0.05) is 22.3 Å². The fourth-order valence-corrected chi connectivity index (χ4v) is 6.13. The van der Waals surface area contributed by atoms with E-state index in [9.17, 15) is 21.0 Å². The molecule has 0 radical (unpaired) electrons. The molecule has 0 amide bonds. The van der Waals surface area contributed by atoms with Gasteiger partial charge in [0.25, 0.3) is 0 Å². The second-order valence-electron chi connectivity index (χ2n) is 7.87. The molecule has 4 aromatic rings. The van der Waals surface area contributed by atoms with Crippen LogP contribution in [0.1, 0.15) is 22.3 Å². The molecule has 40 heavy (non-hydrogen) atoms. The van der Waals surface area contributed by atoms with E-state index in [1.165, 1.54) is 14.2 Å². The van der Waals surface area contributed by atoms with E-state index in [1.54, 1.807) is 48.5 Å². The number of para-hydroxylation sites is 2. The molecule has 0 saturated heterocycles. The summed E-state index contributed by atoms with van der Waals surface area (Å²) in [6, 6.07) is 22.2. The Kier molecular flexibility index (Phi) is 8.27. The van der Waals surface area contributed by atoms with E-state index in [0.717, 1.165) is 21.6 Å². The first kappa shape index (κ1) is 27.6. The Morgan fingerprint density at radius 2 is 0.950 bits per heavy atom. The van der Waals surface area contributed by atoms with Crippen molar-refractivity contribution in [2.75, 3.05) is 25.7 Å². The Balaban J connectivity index is 1.89. The zero-order valence-electron chi connectivity index (χ0n) is 21.1. The maximum atomic E-state index is 10.2. The molecule has 0 fully saturated rings. The van der Waals surface area contributed by atoms with Gasteiger partial charge in [-0.2, -0.15) is 21.0 Å². The van der Waals surface area contributed by atoms with Crippen LogP contribution >= 0.6 is 21.6 Å². The third-order valence-corrected chi connectivity index (χ3v) is 7.97. The third kappa shape index (κ3) is 4.89. The monoisotopic (exact) mass is 562 g/mol. The Morgan fingerprint density at radius 3 is 1.27 bits per heavy atom. The number of nitriles is 4. The average molecular weight is 563 g/mol. The van der Waals surface area contributed by atoms with Crippen LogP contribution < -0.4 is 20.9 Å². The highest BCUT2D eigenvalue weighted by Gasteiger charge is 2.26. The van der Waals surface area contributed by atoms with Crippen LogP contribution in [0.2, 0.25) is 0 Å². The van der Waals surface area contributed by atoms with Crippen LogP contribution in [0.25, 0.3) is 22.3 Å². The molecule has 0 aliphatic rings. The zero-order chi connectivity index (χ0) is 28.8. The van der Waals surface area contributed by atoms with Crippen LogP contribution in [0.3, 0.4) is 0 Å². The number of pyridine rings is 2. The van der Waals surface area contributed by atoms with Crippen LogP contribution in [-0.4, -0.2) is 24.2 Å². The number of nitrogens with two attached hydrogens (primary N) is 2. The Labute approximate surface area is 237 Å². The molecule has 0 unspecified atom stereocenters. The summed E-state index contributed by atoms with van der Waals surface area (Å²) in [6.45, 7) is 0. The number of aromatic nitrogens is 2. The molecule has 0 atom stereocenters. The first-order valence-corrected chi connectivity index (χ1v) is 13.5. The first-order chi connectivity index (χ1) is 19.4. The Bertz CT molecular complexity index is 1680. The minimum atomic E-state index is -0.0759. The molecule has 10 nitrogen and oxygen atoms in total. The molecule has 4 rings (SSSR count). The largest absolute Gasteiger partial charge is 0.496 e. The smallest absolute Gasteiger partial charge is 0.143 e. The lowest BCUT2D eigenvalue weighted by atomic mass is 9.96. The van der Waals surface area contributed by atoms with Gasteiger partial charge in [-0.15, -0.1) is 0 Å². The van der Waals surface area contributed by atoms with Crippen LogP contribution in [0.15, 0.2) is 58.6 Å². The summed E-state index contributed by atoms with van der Waals surface area (Å²) >= 11 is 0. The van der Waals surface area contributed by atoms with Crippen molar-refractivity contribution >= 4 is 33.2 Å². The minimum absolute atomic E-state index is 0.0346. The van der Waals surface area contributed by atoms with Gasteiger partial charge >= 0.3 is 0 Å². The number of anilines is 2. The fourth-order valence-electron chi connectivity index (χ4n) is 4.04. The zero-order valence-corrected chi connectivity index (χ0v) is 22.7. The molecule has 2 heterocycles. The molecule has 12 heteroatoms. The van der Waals surface area contributed by atoms with Crippen LogP contribution in [0.4, 0.5) is 11.6 Å². The van der Waals surface area contributed by atoms with Gasteiger partial charge in [-0.25, -0.2) is 9.97 Å². The summed E-state index contributed by atoms with van der Waals surface area (Å²) in [7, 11) is 5.00. The summed E-state index contributed by atoms with van der Waals surface area (Å²) in [5, 5.41) is 40.4. The molecular formula is C28H18N8O2S2. The van der Waals surface area contributed by atoms with E-state index < -0.39 is 0 Å². The van der Waals surface area contributed by atoms with Crippen molar-refractivity contribution in [3.63, 3.8) is 0 Å². The van der Waals surface area contributed by atoms with Gasteiger partial charge < -0.3 is 20.9 Å². The summed E-state index contributed by atoms with van der Waals surface area (Å²) in [4.78, 5) is 8.62. The lowest BCUT2D eigenvalue weighted by Crippen LogP contribution is -2.04. The standard InChI is InChI=1S/C28H18N8O2S2/c1-37-21-9-5-3-7-15(21)23-17(11-29)25(33)35-27(19(23)13-31)39-40-28-20(14-32)24(18(12-30)26(34)36-28)16-8-4-6-10-22(16)38-2/h3-10H,1-2H3,(H2,33,35)(H2,34,36). The Morgan fingerprint density at radius 1 is 0.600 bits per heavy atom. The summed E-state index contributed by atoms with van der Waals surface area (Å²) < 4.78 is 10.9. The minimum Gasteiger partial charge on any atom is -0.496 e. The molecule has 0 aliphatic heterocycles. The van der Waals surface area contributed by atoms with Crippen molar-refractivity contribution in [1.29, 1.82) is 21.0 Å². The summed E-state index contributed by atoms with van der Waals surface area (Å²) in [6.07, 6.45) is 0. The quantitative estimate of drug-likeness (QED) is 0.277. The maximum absolute atomic E-state index is 10.2. The number of nitrogens with zero attached hydrogens (tertiary/aromatic N) is 6. The van der Waals surface area contributed by atoms with Gasteiger partial charge in [-0.05, 0) is 33.7 Å². The number of benzene rings is 2. The molecule has 0 saturated carbocycles. The van der Waals surface area contributed by atoms with Crippen molar-refractivity contribution in [1.82, 2.24) is 9.97 Å². The van der Waals surface area contributed by atoms with Gasteiger partial charge in [0.05, 0.1) is 25.3 Å². The predicted octanol–water partition coefficient (Wildman–Crippen LogP) is 5.28. The van der Waals surface area contributed by atoms with E-state index in [1.807, 2.05) is 12.1 Å². The van der Waals surface area contributed by atoms with Gasteiger partial charge in [-0.1, -0.05) is 36.4 Å². The van der Waals surface area contributed by atoms with E-state index >= 15 is 0 Å². The van der Waals surface area contributed by atoms with E-state index in [-0.39, 0.29) is 55.1 Å². The Hall–Kier alpha value is -5.40. The van der Waals surface area contributed by atoms with Crippen molar-refractivity contribution in [2.45, 2.75) is 10.1 Å². The SMILES string of the molecule is COc1ccccc1-c1c(C#N)c(N)nc(SSc2nc(N)c(C#N)c(-c3ccccc3OC)c2C#N)c1C#N. The molecule has 0 aliphatic carbocycles. The predicted molar refractivity (Wildman–Crippen MR) is 152 cm³/mol. The fraction of sp³-hybridized carbons (Fsp3) is 0.0714. The molecule has 4 N–H and O–H groups in total. The van der Waals surface area contributed by atoms with E-state index in [0.29, 0.717) is 22.6 Å². The third-order valence-electron chi connectivity index (χ3n) is 5.78. The van der Waals surface area contributed by atoms with Gasteiger partial charge in [0.2, 0.25) is 0 Å². The summed E-state index contributed by atoms with van der Waals surface area (Å²) in [5.41, 5.74) is 14.1. The number of ether oxygens (including phenoxy) is 2. The highest BCUT2D eigenvalue weighted by molar-refractivity contribution is 8.76. The topological polar surface area (TPSA) is 191 Å². The number of rotatable bonds is 7. The van der Waals surface area contributed by atoms with Gasteiger partial charge in [0.1, 0.15) is 68.6 Å². The van der Waals surface area contributed by atoms with Crippen molar-refractivity contribution in [3.8, 4) is 58.0 Å². The van der Waals surface area contributed by atoms with Crippen molar-refractivity contribution < 1.29 is 9.47 Å². The molecular weight excluding hydrogens is 544 g/mol. The van der Waals surface area contributed by atoms with Crippen molar-refractivity contribution in [3.05, 3.63) is 70.8 Å². The van der Waals surface area contributed by atoms with E-state index in [4.69, 9.17) is 20.9 Å². The summed E-state index contributed by atoms with van der Waals surface area (Å²) in [5.74, 6) is 0.736. The molecule has 194 valence electrons. The molecule has 0 spiro atoms. The first-order valence-electron chi connectivity index (χ1n) is 11.3.